The summed E-state index contributed by atoms with van der Waals surface area (Å²) < 4.78 is 6.30. The Labute approximate surface area is 155 Å². The average molecular weight is 367 g/mol. The van der Waals surface area contributed by atoms with E-state index in [1.54, 1.807) is 11.3 Å². The van der Waals surface area contributed by atoms with E-state index >= 15 is 0 Å². The Hall–Kier alpha value is -2.30. The first-order chi connectivity index (χ1) is 12.3. The van der Waals surface area contributed by atoms with E-state index in [0.29, 0.717) is 0 Å². The fourth-order valence-electron chi connectivity index (χ4n) is 3.47. The van der Waals surface area contributed by atoms with Gasteiger partial charge < -0.3 is 4.74 Å². The molecular formula is C20H15ClN2OS. The van der Waals surface area contributed by atoms with Crippen molar-refractivity contribution in [3.8, 4) is 5.75 Å². The molecule has 5 heteroatoms. The van der Waals surface area contributed by atoms with Crippen LogP contribution < -0.4 is 4.74 Å². The van der Waals surface area contributed by atoms with E-state index in [1.165, 1.54) is 10.4 Å². The number of rotatable bonds is 2. The number of fused-ring (bicyclic) bond motifs is 3. The molecule has 0 spiro atoms. The Morgan fingerprint density at radius 3 is 2.68 bits per heavy atom. The lowest BCUT2D eigenvalue weighted by atomic mass is 9.96. The molecule has 2 atom stereocenters. The van der Waals surface area contributed by atoms with Gasteiger partial charge in [0, 0.05) is 17.0 Å². The second-order valence-electron chi connectivity index (χ2n) is 6.18. The first-order valence-corrected chi connectivity index (χ1v) is 9.46. The molecule has 2 unspecified atom stereocenters. The van der Waals surface area contributed by atoms with Crippen LogP contribution in [0.3, 0.4) is 0 Å². The molecular weight excluding hydrogens is 352 g/mol. The summed E-state index contributed by atoms with van der Waals surface area (Å²) in [5.74, 6) is 0.953. The molecule has 0 saturated heterocycles. The van der Waals surface area contributed by atoms with E-state index in [2.05, 4.69) is 34.7 Å². The summed E-state index contributed by atoms with van der Waals surface area (Å²) in [6, 6.07) is 20.5. The van der Waals surface area contributed by atoms with Crippen LogP contribution in [0.15, 0.2) is 71.1 Å². The van der Waals surface area contributed by atoms with Crippen molar-refractivity contribution in [2.45, 2.75) is 18.7 Å². The zero-order chi connectivity index (χ0) is 16.8. The molecule has 0 fully saturated rings. The summed E-state index contributed by atoms with van der Waals surface area (Å²) >= 11 is 7.73. The van der Waals surface area contributed by atoms with E-state index < -0.39 is 0 Å². The molecule has 3 heterocycles. The fourth-order valence-corrected chi connectivity index (χ4v) is 4.34. The van der Waals surface area contributed by atoms with Gasteiger partial charge in [0.15, 0.2) is 0 Å². The molecule has 0 aliphatic carbocycles. The second kappa shape index (κ2) is 5.90. The molecule has 2 aliphatic heterocycles. The van der Waals surface area contributed by atoms with Crippen molar-refractivity contribution in [2.24, 2.45) is 5.10 Å². The Morgan fingerprint density at radius 1 is 1.04 bits per heavy atom. The predicted octanol–water partition coefficient (Wildman–Crippen LogP) is 5.64. The van der Waals surface area contributed by atoms with E-state index in [0.717, 1.165) is 28.5 Å². The highest BCUT2D eigenvalue weighted by Gasteiger charge is 2.41. The largest absolute Gasteiger partial charge is 0.464 e. The minimum Gasteiger partial charge on any atom is -0.464 e. The topological polar surface area (TPSA) is 24.8 Å². The third kappa shape index (κ3) is 2.53. The maximum atomic E-state index is 6.30. The van der Waals surface area contributed by atoms with Crippen LogP contribution in [-0.4, -0.2) is 10.7 Å². The van der Waals surface area contributed by atoms with Crippen molar-refractivity contribution in [3.05, 3.63) is 87.1 Å². The highest BCUT2D eigenvalue weighted by atomic mass is 35.5. The molecule has 0 bridgehead atoms. The number of hydrazone groups is 1. The average Bonchev–Trinajstić information content (AvgIpc) is 3.32. The highest BCUT2D eigenvalue weighted by molar-refractivity contribution is 7.10. The van der Waals surface area contributed by atoms with Gasteiger partial charge in [-0.3, -0.25) is 0 Å². The lowest BCUT2D eigenvalue weighted by molar-refractivity contribution is -0.0165. The third-order valence-corrected chi connectivity index (χ3v) is 5.82. The molecule has 0 N–H and O–H groups in total. The Kier molecular flexibility index (Phi) is 3.54. The van der Waals surface area contributed by atoms with Gasteiger partial charge in [-0.2, -0.15) is 5.10 Å². The highest BCUT2D eigenvalue weighted by Crippen LogP contribution is 2.48. The SMILES string of the molecule is Clc1ccc(C2=NN3C(C2)c2ccccc2OC3c2cccs2)cc1. The Morgan fingerprint density at radius 2 is 1.88 bits per heavy atom. The number of hydrogen-bond donors (Lipinski definition) is 0. The van der Waals surface area contributed by atoms with E-state index in [-0.39, 0.29) is 12.3 Å². The number of hydrogen-bond acceptors (Lipinski definition) is 4. The number of nitrogens with zero attached hydrogens (tertiary/aromatic N) is 2. The summed E-state index contributed by atoms with van der Waals surface area (Å²) in [6.45, 7) is 0. The minimum atomic E-state index is -0.176. The number of benzene rings is 2. The molecule has 3 nitrogen and oxygen atoms in total. The van der Waals surface area contributed by atoms with E-state index in [1.807, 2.05) is 36.4 Å². The smallest absolute Gasteiger partial charge is 0.222 e. The van der Waals surface area contributed by atoms with Crippen LogP contribution >= 0.6 is 22.9 Å². The van der Waals surface area contributed by atoms with Gasteiger partial charge in [-0.05, 0) is 35.2 Å². The maximum Gasteiger partial charge on any atom is 0.222 e. The molecule has 0 amide bonds. The van der Waals surface area contributed by atoms with Crippen LogP contribution in [0, 0.1) is 0 Å². The molecule has 0 saturated carbocycles. The van der Waals surface area contributed by atoms with Crippen molar-refractivity contribution in [2.75, 3.05) is 0 Å². The molecule has 1 aromatic heterocycles. The monoisotopic (exact) mass is 366 g/mol. The molecule has 124 valence electrons. The quantitative estimate of drug-likeness (QED) is 0.586. The first-order valence-electron chi connectivity index (χ1n) is 8.20. The maximum absolute atomic E-state index is 6.30. The van der Waals surface area contributed by atoms with Gasteiger partial charge in [-0.1, -0.05) is 48.0 Å². The van der Waals surface area contributed by atoms with Crippen molar-refractivity contribution < 1.29 is 4.74 Å². The molecule has 5 rings (SSSR count). The lowest BCUT2D eigenvalue weighted by Gasteiger charge is -2.37. The number of halogens is 1. The fraction of sp³-hybridized carbons (Fsp3) is 0.150. The minimum absolute atomic E-state index is 0.176. The summed E-state index contributed by atoms with van der Waals surface area (Å²) in [5.41, 5.74) is 3.38. The van der Waals surface area contributed by atoms with Crippen molar-refractivity contribution in [1.29, 1.82) is 0 Å². The van der Waals surface area contributed by atoms with Gasteiger partial charge in [0.05, 0.1) is 16.6 Å². The predicted molar refractivity (Wildman–Crippen MR) is 101 cm³/mol. The van der Waals surface area contributed by atoms with Gasteiger partial charge >= 0.3 is 0 Å². The van der Waals surface area contributed by atoms with Crippen LogP contribution in [0.2, 0.25) is 5.02 Å². The third-order valence-electron chi connectivity index (χ3n) is 4.66. The number of thiophene rings is 1. The standard InChI is InChI=1S/C20H15ClN2OS/c21-14-9-7-13(8-10-14)16-12-17-15-4-1-2-5-18(15)24-20(23(17)22-16)19-6-3-11-25-19/h1-11,17,20H,12H2. The number of ether oxygens (including phenoxy) is 1. The summed E-state index contributed by atoms with van der Waals surface area (Å²) in [7, 11) is 0. The van der Waals surface area contributed by atoms with Crippen LogP contribution in [-0.2, 0) is 0 Å². The zero-order valence-corrected chi connectivity index (χ0v) is 14.9. The van der Waals surface area contributed by atoms with Gasteiger partial charge in [0.2, 0.25) is 6.23 Å². The van der Waals surface area contributed by atoms with Gasteiger partial charge in [0.1, 0.15) is 5.75 Å². The van der Waals surface area contributed by atoms with Crippen molar-refractivity contribution in [1.82, 2.24) is 5.01 Å². The molecule has 0 radical (unpaired) electrons. The molecule has 2 aliphatic rings. The van der Waals surface area contributed by atoms with Gasteiger partial charge in [-0.15, -0.1) is 11.3 Å². The summed E-state index contributed by atoms with van der Waals surface area (Å²) in [4.78, 5) is 1.17. The second-order valence-corrected chi connectivity index (χ2v) is 7.59. The first kappa shape index (κ1) is 15.0. The van der Waals surface area contributed by atoms with Crippen LogP contribution in [0.5, 0.6) is 5.75 Å². The van der Waals surface area contributed by atoms with E-state index in [4.69, 9.17) is 21.4 Å². The summed E-state index contributed by atoms with van der Waals surface area (Å²) in [6.07, 6.45) is 0.689. The van der Waals surface area contributed by atoms with E-state index in [9.17, 15) is 0 Å². The molecule has 3 aromatic rings. The molecule has 2 aromatic carbocycles. The molecule has 25 heavy (non-hydrogen) atoms. The normalized spacial score (nSPS) is 21.3. The number of para-hydroxylation sites is 1. The van der Waals surface area contributed by atoms with Gasteiger partial charge in [0.25, 0.3) is 0 Å². The van der Waals surface area contributed by atoms with Crippen LogP contribution in [0.1, 0.15) is 34.7 Å². The van der Waals surface area contributed by atoms with Gasteiger partial charge in [-0.25, -0.2) is 5.01 Å². The zero-order valence-electron chi connectivity index (χ0n) is 13.3. The Balaban J connectivity index is 1.59. The lowest BCUT2D eigenvalue weighted by Crippen LogP contribution is -2.33. The van der Waals surface area contributed by atoms with Crippen LogP contribution in [0.25, 0.3) is 0 Å². The van der Waals surface area contributed by atoms with Crippen molar-refractivity contribution >= 4 is 28.6 Å². The Bertz CT molecular complexity index is 937. The van der Waals surface area contributed by atoms with Crippen LogP contribution in [0.4, 0.5) is 0 Å². The van der Waals surface area contributed by atoms with Crippen molar-refractivity contribution in [3.63, 3.8) is 0 Å². The summed E-state index contributed by atoms with van der Waals surface area (Å²) in [5, 5.41) is 9.86.